The lowest BCUT2D eigenvalue weighted by atomic mass is 9.98. The van der Waals surface area contributed by atoms with E-state index in [2.05, 4.69) is 0 Å². The number of fused-ring (bicyclic) bond motifs is 3. The van der Waals surface area contributed by atoms with E-state index < -0.39 is 11.9 Å². The Labute approximate surface area is 210 Å². The molecule has 180 valence electrons. The molecule has 6 rings (SSSR count). The highest BCUT2D eigenvalue weighted by Crippen LogP contribution is 2.44. The summed E-state index contributed by atoms with van der Waals surface area (Å²) in [5.74, 6) is 1.00. The van der Waals surface area contributed by atoms with Crippen molar-refractivity contribution >= 4 is 43.6 Å². The van der Waals surface area contributed by atoms with Gasteiger partial charge in [-0.3, -0.25) is 14.5 Å². The quantitative estimate of drug-likeness (QED) is 0.302. The average Bonchev–Trinajstić information content (AvgIpc) is 3.43. The van der Waals surface area contributed by atoms with Crippen molar-refractivity contribution in [3.05, 3.63) is 93.3 Å². The molecule has 1 aliphatic rings. The molecule has 1 atom stereocenters. The number of amides is 1. The third-order valence-corrected chi connectivity index (χ3v) is 7.32. The van der Waals surface area contributed by atoms with Gasteiger partial charge in [-0.05, 0) is 61.9 Å². The summed E-state index contributed by atoms with van der Waals surface area (Å²) in [5, 5.41) is 0.921. The van der Waals surface area contributed by atoms with Gasteiger partial charge >= 0.3 is 0 Å². The Morgan fingerprint density at radius 1 is 1.06 bits per heavy atom. The van der Waals surface area contributed by atoms with Crippen LogP contribution in [-0.2, 0) is 0 Å². The summed E-state index contributed by atoms with van der Waals surface area (Å²) in [6.45, 7) is 4.33. The summed E-state index contributed by atoms with van der Waals surface area (Å²) in [7, 11) is 1.61. The molecule has 0 fully saturated rings. The van der Waals surface area contributed by atoms with E-state index in [1.807, 2.05) is 62.4 Å². The van der Waals surface area contributed by atoms with Crippen LogP contribution in [0.15, 0.2) is 69.9 Å². The first-order valence-corrected chi connectivity index (χ1v) is 12.4. The molecule has 0 aliphatic carbocycles. The minimum absolute atomic E-state index is 0.0417. The predicted octanol–water partition coefficient (Wildman–Crippen LogP) is 5.87. The number of benzene rings is 3. The Bertz CT molecular complexity index is 1720. The first kappa shape index (κ1) is 22.3. The molecule has 7 nitrogen and oxygen atoms in total. The second kappa shape index (κ2) is 8.49. The lowest BCUT2D eigenvalue weighted by molar-refractivity contribution is 0.0971. The van der Waals surface area contributed by atoms with Gasteiger partial charge < -0.3 is 13.9 Å². The second-order valence-electron chi connectivity index (χ2n) is 8.59. The normalized spacial score (nSPS) is 15.0. The largest absolute Gasteiger partial charge is 0.497 e. The van der Waals surface area contributed by atoms with Crippen LogP contribution in [0, 0.1) is 6.92 Å². The molecule has 0 saturated carbocycles. The Morgan fingerprint density at radius 2 is 1.92 bits per heavy atom. The predicted molar refractivity (Wildman–Crippen MR) is 140 cm³/mol. The first-order valence-electron chi connectivity index (χ1n) is 11.6. The summed E-state index contributed by atoms with van der Waals surface area (Å²) < 4.78 is 18.0. The van der Waals surface area contributed by atoms with E-state index in [0.717, 1.165) is 21.3 Å². The van der Waals surface area contributed by atoms with E-state index in [9.17, 15) is 9.59 Å². The zero-order valence-corrected chi connectivity index (χ0v) is 20.7. The zero-order chi connectivity index (χ0) is 25.0. The smallest absolute Gasteiger partial charge is 0.297 e. The van der Waals surface area contributed by atoms with Crippen LogP contribution in [0.2, 0.25) is 0 Å². The van der Waals surface area contributed by atoms with Gasteiger partial charge in [0.05, 0.1) is 40.9 Å². The average molecular weight is 499 g/mol. The van der Waals surface area contributed by atoms with Crippen LogP contribution in [0.25, 0.3) is 21.2 Å². The molecule has 2 aromatic heterocycles. The molecule has 0 radical (unpaired) electrons. The van der Waals surface area contributed by atoms with Crippen molar-refractivity contribution in [3.63, 3.8) is 0 Å². The van der Waals surface area contributed by atoms with Crippen LogP contribution in [0.1, 0.15) is 40.2 Å². The molecule has 8 heteroatoms. The number of nitrogens with zero attached hydrogens (tertiary/aromatic N) is 2. The van der Waals surface area contributed by atoms with Crippen molar-refractivity contribution in [3.8, 4) is 11.5 Å². The van der Waals surface area contributed by atoms with Gasteiger partial charge in [0.1, 0.15) is 17.1 Å². The van der Waals surface area contributed by atoms with Crippen LogP contribution in [0.4, 0.5) is 5.13 Å². The molecule has 0 spiro atoms. The standard InChI is InChI=1S/C28H22N2O5S/c1-4-34-18-7-5-6-16(13-18)24-23-25(31)19-12-15(2)8-11-21(19)35-26(23)27(32)30(24)28-29-20-10-9-17(33-3)14-22(20)36-28/h5-14,24H,4H2,1-3H3/t24-/m1/s1. The molecule has 3 aromatic carbocycles. The van der Waals surface area contributed by atoms with Crippen molar-refractivity contribution in [2.75, 3.05) is 18.6 Å². The van der Waals surface area contributed by atoms with Gasteiger partial charge in [-0.1, -0.05) is 35.1 Å². The maximum absolute atomic E-state index is 13.9. The van der Waals surface area contributed by atoms with Crippen LogP contribution in [-0.4, -0.2) is 24.6 Å². The monoisotopic (exact) mass is 498 g/mol. The number of anilines is 1. The Balaban J connectivity index is 1.61. The first-order chi connectivity index (χ1) is 17.5. The Morgan fingerprint density at radius 3 is 2.72 bits per heavy atom. The SMILES string of the molecule is CCOc1cccc([C@@H]2c3c(oc4ccc(C)cc4c3=O)C(=O)N2c2nc3ccc(OC)cc3s2)c1. The number of hydrogen-bond donors (Lipinski definition) is 0. The molecular formula is C28H22N2O5S. The zero-order valence-electron chi connectivity index (χ0n) is 19.9. The highest BCUT2D eigenvalue weighted by Gasteiger charge is 2.45. The van der Waals surface area contributed by atoms with Crippen LogP contribution < -0.4 is 19.8 Å². The molecule has 0 saturated heterocycles. The second-order valence-corrected chi connectivity index (χ2v) is 9.60. The summed E-state index contributed by atoms with van der Waals surface area (Å²) in [4.78, 5) is 34.0. The van der Waals surface area contributed by atoms with E-state index in [0.29, 0.717) is 39.8 Å². The van der Waals surface area contributed by atoms with Crippen LogP contribution in [0.3, 0.4) is 0 Å². The molecule has 5 aromatic rings. The van der Waals surface area contributed by atoms with Gasteiger partial charge in [-0.15, -0.1) is 0 Å². The lowest BCUT2D eigenvalue weighted by Crippen LogP contribution is -2.29. The van der Waals surface area contributed by atoms with Crippen molar-refractivity contribution in [2.45, 2.75) is 19.9 Å². The lowest BCUT2D eigenvalue weighted by Gasteiger charge is -2.23. The molecule has 0 unspecified atom stereocenters. The fourth-order valence-electron chi connectivity index (χ4n) is 4.66. The van der Waals surface area contributed by atoms with Gasteiger partial charge in [-0.25, -0.2) is 4.98 Å². The van der Waals surface area contributed by atoms with Crippen molar-refractivity contribution < 1.29 is 18.7 Å². The molecule has 0 N–H and O–H groups in total. The van der Waals surface area contributed by atoms with Crippen molar-refractivity contribution in [1.29, 1.82) is 0 Å². The fraction of sp³-hybridized carbons (Fsp3) is 0.179. The summed E-state index contributed by atoms with van der Waals surface area (Å²) in [6, 6.07) is 17.7. The number of carbonyl (C=O) groups excluding carboxylic acids is 1. The third-order valence-electron chi connectivity index (χ3n) is 6.30. The number of carbonyl (C=O) groups is 1. The molecule has 36 heavy (non-hydrogen) atoms. The van der Waals surface area contributed by atoms with E-state index in [4.69, 9.17) is 18.9 Å². The maximum Gasteiger partial charge on any atom is 0.297 e. The van der Waals surface area contributed by atoms with E-state index in [1.165, 1.54) is 11.3 Å². The number of ether oxygens (including phenoxy) is 2. The van der Waals surface area contributed by atoms with E-state index >= 15 is 0 Å². The topological polar surface area (TPSA) is 81.9 Å². The van der Waals surface area contributed by atoms with E-state index in [-0.39, 0.29) is 11.2 Å². The fourth-order valence-corrected chi connectivity index (χ4v) is 5.68. The molecule has 3 heterocycles. The van der Waals surface area contributed by atoms with Gasteiger partial charge in [0, 0.05) is 0 Å². The number of aromatic nitrogens is 1. The number of methoxy groups -OCH3 is 1. The minimum atomic E-state index is -0.712. The highest BCUT2D eigenvalue weighted by atomic mass is 32.1. The van der Waals surface area contributed by atoms with Gasteiger partial charge in [0.15, 0.2) is 10.6 Å². The number of aryl methyl sites for hydroxylation is 1. The maximum atomic E-state index is 13.9. The van der Waals surface area contributed by atoms with Crippen LogP contribution >= 0.6 is 11.3 Å². The highest BCUT2D eigenvalue weighted by molar-refractivity contribution is 7.22. The van der Waals surface area contributed by atoms with Crippen molar-refractivity contribution in [2.24, 2.45) is 0 Å². The Kier molecular flexibility index (Phi) is 5.26. The molecule has 0 bridgehead atoms. The van der Waals surface area contributed by atoms with E-state index in [1.54, 1.807) is 24.1 Å². The summed E-state index contributed by atoms with van der Waals surface area (Å²) in [5.41, 5.74) is 2.89. The summed E-state index contributed by atoms with van der Waals surface area (Å²) >= 11 is 1.36. The molecular weight excluding hydrogens is 476 g/mol. The molecule has 1 amide bonds. The number of hydrogen-bond acceptors (Lipinski definition) is 7. The van der Waals surface area contributed by atoms with Gasteiger partial charge in [-0.2, -0.15) is 0 Å². The third kappa shape index (κ3) is 3.45. The Hall–Kier alpha value is -4.17. The van der Waals surface area contributed by atoms with Crippen molar-refractivity contribution in [1.82, 2.24) is 4.98 Å². The molecule has 1 aliphatic heterocycles. The number of thiazole rings is 1. The number of rotatable bonds is 5. The van der Waals surface area contributed by atoms with Crippen LogP contribution in [0.5, 0.6) is 11.5 Å². The van der Waals surface area contributed by atoms with Gasteiger partial charge in [0.25, 0.3) is 5.91 Å². The minimum Gasteiger partial charge on any atom is -0.497 e. The van der Waals surface area contributed by atoms with Gasteiger partial charge in [0.2, 0.25) is 5.76 Å². The summed E-state index contributed by atoms with van der Waals surface area (Å²) in [6.07, 6.45) is 0.